The molecule has 5 heteroatoms. The second-order valence-corrected chi connectivity index (χ2v) is 9.02. The Morgan fingerprint density at radius 1 is 1.03 bits per heavy atom. The van der Waals surface area contributed by atoms with Gasteiger partial charge in [-0.15, -0.1) is 11.8 Å². The zero-order valence-corrected chi connectivity index (χ0v) is 18.3. The summed E-state index contributed by atoms with van der Waals surface area (Å²) in [4.78, 5) is 15.2. The Morgan fingerprint density at radius 2 is 1.72 bits per heavy atom. The minimum atomic E-state index is -0.0493. The first-order chi connectivity index (χ1) is 14.1. The van der Waals surface area contributed by atoms with Crippen LogP contribution in [0, 0.1) is 5.92 Å². The molecule has 1 amide bonds. The van der Waals surface area contributed by atoms with Crippen LogP contribution in [0.4, 0.5) is 0 Å². The van der Waals surface area contributed by atoms with Crippen LogP contribution in [-0.4, -0.2) is 42.4 Å². The van der Waals surface area contributed by atoms with Crippen LogP contribution >= 0.6 is 11.8 Å². The molecule has 1 heterocycles. The van der Waals surface area contributed by atoms with E-state index in [1.54, 1.807) is 11.8 Å². The van der Waals surface area contributed by atoms with Gasteiger partial charge < -0.3 is 10.1 Å². The Morgan fingerprint density at radius 3 is 2.45 bits per heavy atom. The van der Waals surface area contributed by atoms with Crippen molar-refractivity contribution < 1.29 is 9.53 Å². The summed E-state index contributed by atoms with van der Waals surface area (Å²) in [5.74, 6) is 1.27. The summed E-state index contributed by atoms with van der Waals surface area (Å²) in [6, 6.07) is 18.9. The summed E-state index contributed by atoms with van der Waals surface area (Å²) in [6.07, 6.45) is 0. The second kappa shape index (κ2) is 11.4. The summed E-state index contributed by atoms with van der Waals surface area (Å²) in [5, 5.41) is 3.10. The third kappa shape index (κ3) is 7.18. The van der Waals surface area contributed by atoms with Gasteiger partial charge in [-0.3, -0.25) is 9.69 Å². The fourth-order valence-electron chi connectivity index (χ4n) is 3.48. The van der Waals surface area contributed by atoms with Gasteiger partial charge in [0.2, 0.25) is 5.91 Å². The normalized spacial score (nSPS) is 16.0. The molecular weight excluding hydrogens is 380 g/mol. The number of rotatable bonds is 9. The molecule has 1 aliphatic rings. The highest BCUT2D eigenvalue weighted by molar-refractivity contribution is 7.99. The van der Waals surface area contributed by atoms with E-state index in [4.69, 9.17) is 4.74 Å². The minimum Gasteiger partial charge on any atom is -0.379 e. The standard InChI is InChI=1S/C24H32N2O2S/c1-19(2)23(29-18-20-7-4-3-5-8-20)24(27)25-16-21-9-6-10-22(15-21)17-26-11-13-28-14-12-26/h3-10,15,19,23H,11-14,16-18H2,1-2H3,(H,25,27). The fraction of sp³-hybridized carbons (Fsp3) is 0.458. The van der Waals surface area contributed by atoms with Crippen molar-refractivity contribution in [2.45, 2.75) is 37.9 Å². The molecule has 156 valence electrons. The Balaban J connectivity index is 1.51. The molecular formula is C24H32N2O2S. The molecule has 0 saturated carbocycles. The lowest BCUT2D eigenvalue weighted by molar-refractivity contribution is -0.121. The SMILES string of the molecule is CC(C)C(SCc1ccccc1)C(=O)NCc1cccc(CN2CCOCC2)c1. The third-order valence-electron chi connectivity index (χ3n) is 5.10. The average Bonchev–Trinajstić information content (AvgIpc) is 2.74. The van der Waals surface area contributed by atoms with Crippen LogP contribution in [0.3, 0.4) is 0 Å². The van der Waals surface area contributed by atoms with Crippen LogP contribution < -0.4 is 5.32 Å². The maximum atomic E-state index is 12.8. The van der Waals surface area contributed by atoms with Gasteiger partial charge in [0.15, 0.2) is 0 Å². The molecule has 2 aromatic carbocycles. The number of benzene rings is 2. The van der Waals surface area contributed by atoms with E-state index in [0.29, 0.717) is 6.54 Å². The van der Waals surface area contributed by atoms with Gasteiger partial charge >= 0.3 is 0 Å². The molecule has 1 atom stereocenters. The quantitative estimate of drug-likeness (QED) is 0.673. The van der Waals surface area contributed by atoms with E-state index < -0.39 is 0 Å². The number of amides is 1. The monoisotopic (exact) mass is 412 g/mol. The maximum Gasteiger partial charge on any atom is 0.233 e. The largest absolute Gasteiger partial charge is 0.379 e. The van der Waals surface area contributed by atoms with Gasteiger partial charge in [-0.25, -0.2) is 0 Å². The fourth-order valence-corrected chi connectivity index (χ4v) is 4.66. The number of hydrogen-bond donors (Lipinski definition) is 1. The molecule has 1 saturated heterocycles. The first kappa shape index (κ1) is 21.9. The molecule has 0 spiro atoms. The van der Waals surface area contributed by atoms with E-state index in [0.717, 1.165) is 44.2 Å². The Labute approximate surface area is 179 Å². The molecule has 2 aromatic rings. The van der Waals surface area contributed by atoms with E-state index in [1.165, 1.54) is 11.1 Å². The number of nitrogens with one attached hydrogen (secondary N) is 1. The highest BCUT2D eigenvalue weighted by Gasteiger charge is 2.22. The lowest BCUT2D eigenvalue weighted by Gasteiger charge is -2.26. The first-order valence-corrected chi connectivity index (χ1v) is 11.5. The van der Waals surface area contributed by atoms with Crippen molar-refractivity contribution in [1.29, 1.82) is 0 Å². The predicted octanol–water partition coefficient (Wildman–Crippen LogP) is 4.09. The second-order valence-electron chi connectivity index (χ2n) is 7.89. The molecule has 0 aliphatic carbocycles. The average molecular weight is 413 g/mol. The molecule has 0 bridgehead atoms. The van der Waals surface area contributed by atoms with E-state index in [1.807, 2.05) is 18.2 Å². The zero-order valence-electron chi connectivity index (χ0n) is 17.5. The number of thioether (sulfide) groups is 1. The predicted molar refractivity (Wildman–Crippen MR) is 121 cm³/mol. The lowest BCUT2D eigenvalue weighted by atomic mass is 10.1. The van der Waals surface area contributed by atoms with Gasteiger partial charge in [0, 0.05) is 31.9 Å². The smallest absolute Gasteiger partial charge is 0.233 e. The van der Waals surface area contributed by atoms with E-state index >= 15 is 0 Å². The Bertz CT molecular complexity index is 760. The highest BCUT2D eigenvalue weighted by Crippen LogP contribution is 2.24. The van der Waals surface area contributed by atoms with E-state index in [-0.39, 0.29) is 17.1 Å². The molecule has 1 unspecified atom stereocenters. The molecule has 4 nitrogen and oxygen atoms in total. The summed E-state index contributed by atoms with van der Waals surface area (Å²) in [5.41, 5.74) is 3.70. The number of nitrogens with zero attached hydrogens (tertiary/aromatic N) is 1. The molecule has 0 radical (unpaired) electrons. The van der Waals surface area contributed by atoms with Crippen molar-refractivity contribution in [3.8, 4) is 0 Å². The van der Waals surface area contributed by atoms with Crippen molar-refractivity contribution in [3.05, 3.63) is 71.3 Å². The molecule has 1 aliphatic heterocycles. The number of morpholine rings is 1. The van der Waals surface area contributed by atoms with Crippen LogP contribution in [-0.2, 0) is 28.4 Å². The van der Waals surface area contributed by atoms with Crippen molar-refractivity contribution in [3.63, 3.8) is 0 Å². The number of carbonyl (C=O) groups excluding carboxylic acids is 1. The number of carbonyl (C=O) groups is 1. The van der Waals surface area contributed by atoms with Gasteiger partial charge in [-0.1, -0.05) is 68.4 Å². The maximum absolute atomic E-state index is 12.8. The zero-order chi connectivity index (χ0) is 20.5. The first-order valence-electron chi connectivity index (χ1n) is 10.4. The van der Waals surface area contributed by atoms with Crippen molar-refractivity contribution in [1.82, 2.24) is 10.2 Å². The summed E-state index contributed by atoms with van der Waals surface area (Å²) < 4.78 is 5.42. The van der Waals surface area contributed by atoms with Gasteiger partial charge in [0.1, 0.15) is 0 Å². The van der Waals surface area contributed by atoms with Crippen LogP contribution in [0.5, 0.6) is 0 Å². The van der Waals surface area contributed by atoms with Crippen LogP contribution in [0.2, 0.25) is 0 Å². The summed E-state index contributed by atoms with van der Waals surface area (Å²) >= 11 is 1.72. The lowest BCUT2D eigenvalue weighted by Crippen LogP contribution is -2.36. The minimum absolute atomic E-state index is 0.0493. The molecule has 0 aromatic heterocycles. The van der Waals surface area contributed by atoms with Gasteiger partial charge in [0.05, 0.1) is 18.5 Å². The van der Waals surface area contributed by atoms with E-state index in [9.17, 15) is 4.79 Å². The van der Waals surface area contributed by atoms with Crippen molar-refractivity contribution in [2.24, 2.45) is 5.92 Å². The molecule has 1 fully saturated rings. The van der Waals surface area contributed by atoms with Gasteiger partial charge in [-0.2, -0.15) is 0 Å². The summed E-state index contributed by atoms with van der Waals surface area (Å²) in [7, 11) is 0. The Kier molecular flexibility index (Phi) is 8.59. The highest BCUT2D eigenvalue weighted by atomic mass is 32.2. The Hall–Kier alpha value is -1.82. The van der Waals surface area contributed by atoms with Gasteiger partial charge in [-0.05, 0) is 22.6 Å². The van der Waals surface area contributed by atoms with Crippen molar-refractivity contribution >= 4 is 17.7 Å². The van der Waals surface area contributed by atoms with Gasteiger partial charge in [0.25, 0.3) is 0 Å². The van der Waals surface area contributed by atoms with Crippen molar-refractivity contribution in [2.75, 3.05) is 26.3 Å². The number of ether oxygens (including phenoxy) is 1. The molecule has 1 N–H and O–H groups in total. The van der Waals surface area contributed by atoms with E-state index in [2.05, 4.69) is 60.5 Å². The van der Waals surface area contributed by atoms with Crippen LogP contribution in [0.25, 0.3) is 0 Å². The van der Waals surface area contributed by atoms with Crippen LogP contribution in [0.1, 0.15) is 30.5 Å². The third-order valence-corrected chi connectivity index (χ3v) is 6.72. The number of hydrogen-bond acceptors (Lipinski definition) is 4. The summed E-state index contributed by atoms with van der Waals surface area (Å²) in [6.45, 7) is 9.33. The molecule has 3 rings (SSSR count). The topological polar surface area (TPSA) is 41.6 Å². The molecule has 29 heavy (non-hydrogen) atoms. The van der Waals surface area contributed by atoms with Crippen LogP contribution in [0.15, 0.2) is 54.6 Å².